The third-order valence-electron chi connectivity index (χ3n) is 6.34. The Morgan fingerprint density at radius 2 is 1.78 bits per heavy atom. The zero-order chi connectivity index (χ0) is 27.3. The number of rotatable bonds is 11. The van der Waals surface area contributed by atoms with E-state index in [0.29, 0.717) is 34.1 Å². The lowest BCUT2D eigenvalue weighted by atomic mass is 9.89. The van der Waals surface area contributed by atoms with Crippen molar-refractivity contribution in [2.45, 2.75) is 44.1 Å². The molecule has 2 aromatic carbocycles. The standard InChI is InChI=1S/C26H32Cl2N2O6S/c1-4-21(16-37(34,35)13-12-29(2)3)30-24(17-8-10-19(27)11-9-17)25(18-6-5-7-20(28)14-18)36-22(26(30)33)15-23(31)32/h5-11,14,21-22,24-25H,4,12-13,15-16H2,1-3H3,(H,31,32)/t21-,22-,24+,25+/m0/s1. The highest BCUT2D eigenvalue weighted by Crippen LogP contribution is 2.44. The van der Waals surface area contributed by atoms with E-state index in [1.54, 1.807) is 67.5 Å². The molecule has 3 rings (SSSR count). The molecule has 1 saturated heterocycles. The van der Waals surface area contributed by atoms with Crippen LogP contribution in [0.3, 0.4) is 0 Å². The molecule has 1 N–H and O–H groups in total. The van der Waals surface area contributed by atoms with Crippen LogP contribution in [0.25, 0.3) is 0 Å². The number of sulfone groups is 1. The Balaban J connectivity index is 2.14. The molecule has 8 nitrogen and oxygen atoms in total. The highest BCUT2D eigenvalue weighted by atomic mass is 35.5. The van der Waals surface area contributed by atoms with Crippen molar-refractivity contribution in [1.29, 1.82) is 0 Å². The maximum Gasteiger partial charge on any atom is 0.306 e. The monoisotopic (exact) mass is 570 g/mol. The Morgan fingerprint density at radius 3 is 2.35 bits per heavy atom. The van der Waals surface area contributed by atoms with Crippen molar-refractivity contribution in [1.82, 2.24) is 9.80 Å². The van der Waals surface area contributed by atoms with Gasteiger partial charge in [-0.2, -0.15) is 0 Å². The molecule has 11 heteroatoms. The van der Waals surface area contributed by atoms with Gasteiger partial charge in [-0.3, -0.25) is 9.59 Å². The van der Waals surface area contributed by atoms with Crippen LogP contribution >= 0.6 is 23.2 Å². The van der Waals surface area contributed by atoms with Crippen LogP contribution in [0.2, 0.25) is 10.0 Å². The topological polar surface area (TPSA) is 104 Å². The lowest BCUT2D eigenvalue weighted by Crippen LogP contribution is -2.56. The van der Waals surface area contributed by atoms with Gasteiger partial charge < -0.3 is 19.6 Å². The molecule has 1 heterocycles. The minimum Gasteiger partial charge on any atom is -0.481 e. The average molecular weight is 572 g/mol. The van der Waals surface area contributed by atoms with Crippen molar-refractivity contribution < 1.29 is 27.9 Å². The summed E-state index contributed by atoms with van der Waals surface area (Å²) in [5, 5.41) is 10.5. The number of hydrogen-bond donors (Lipinski definition) is 1. The van der Waals surface area contributed by atoms with Gasteiger partial charge in [0.05, 0.1) is 24.0 Å². The van der Waals surface area contributed by atoms with E-state index in [4.69, 9.17) is 27.9 Å². The minimum absolute atomic E-state index is 0.0586. The number of carbonyl (C=O) groups is 2. The lowest BCUT2D eigenvalue weighted by molar-refractivity contribution is -0.182. The number of nitrogens with zero attached hydrogens (tertiary/aromatic N) is 2. The van der Waals surface area contributed by atoms with Gasteiger partial charge in [-0.15, -0.1) is 0 Å². The van der Waals surface area contributed by atoms with Gasteiger partial charge in [0, 0.05) is 22.6 Å². The highest BCUT2D eigenvalue weighted by Gasteiger charge is 2.47. The highest BCUT2D eigenvalue weighted by molar-refractivity contribution is 7.91. The summed E-state index contributed by atoms with van der Waals surface area (Å²) in [5.74, 6) is -2.07. The molecule has 0 radical (unpaired) electrons. The van der Waals surface area contributed by atoms with Gasteiger partial charge in [-0.25, -0.2) is 8.42 Å². The first kappa shape index (κ1) is 29.4. The van der Waals surface area contributed by atoms with Crippen LogP contribution in [-0.4, -0.2) is 79.5 Å². The second kappa shape index (κ2) is 12.6. The largest absolute Gasteiger partial charge is 0.481 e. The van der Waals surface area contributed by atoms with Gasteiger partial charge >= 0.3 is 5.97 Å². The van der Waals surface area contributed by atoms with Gasteiger partial charge in [0.2, 0.25) is 0 Å². The molecule has 202 valence electrons. The summed E-state index contributed by atoms with van der Waals surface area (Å²) in [4.78, 5) is 28.7. The fourth-order valence-electron chi connectivity index (χ4n) is 4.49. The first-order chi connectivity index (χ1) is 17.4. The predicted octanol–water partition coefficient (Wildman–Crippen LogP) is 4.23. The molecule has 0 aromatic heterocycles. The molecule has 1 amide bonds. The Bertz CT molecular complexity index is 1210. The number of aliphatic carboxylic acids is 1. The first-order valence-corrected chi connectivity index (χ1v) is 14.5. The third-order valence-corrected chi connectivity index (χ3v) is 8.52. The van der Waals surface area contributed by atoms with Crippen LogP contribution in [0.1, 0.15) is 43.0 Å². The lowest BCUT2D eigenvalue weighted by Gasteiger charge is -2.48. The summed E-state index contributed by atoms with van der Waals surface area (Å²) in [6.45, 7) is 2.16. The van der Waals surface area contributed by atoms with E-state index in [0.717, 1.165) is 0 Å². The molecule has 1 aliphatic heterocycles. The molecular formula is C26H32Cl2N2O6S. The molecule has 37 heavy (non-hydrogen) atoms. The molecule has 0 spiro atoms. The fraction of sp³-hybridized carbons (Fsp3) is 0.462. The van der Waals surface area contributed by atoms with Gasteiger partial charge in [0.15, 0.2) is 9.84 Å². The van der Waals surface area contributed by atoms with Gasteiger partial charge in [0.25, 0.3) is 5.91 Å². The van der Waals surface area contributed by atoms with Crippen molar-refractivity contribution in [2.75, 3.05) is 32.1 Å². The molecule has 0 aliphatic carbocycles. The van der Waals surface area contributed by atoms with Crippen molar-refractivity contribution in [3.8, 4) is 0 Å². The number of morpholine rings is 1. The molecule has 1 fully saturated rings. The van der Waals surface area contributed by atoms with E-state index in [1.807, 2.05) is 6.92 Å². The molecule has 0 bridgehead atoms. The summed E-state index contributed by atoms with van der Waals surface area (Å²) < 4.78 is 32.3. The van der Waals surface area contributed by atoms with Crippen LogP contribution in [0.15, 0.2) is 48.5 Å². The van der Waals surface area contributed by atoms with Crippen molar-refractivity contribution in [3.63, 3.8) is 0 Å². The first-order valence-electron chi connectivity index (χ1n) is 12.0. The van der Waals surface area contributed by atoms with Crippen molar-refractivity contribution in [3.05, 3.63) is 69.7 Å². The van der Waals surface area contributed by atoms with Crippen LogP contribution in [0.5, 0.6) is 0 Å². The van der Waals surface area contributed by atoms with E-state index >= 15 is 0 Å². The second-order valence-electron chi connectivity index (χ2n) is 9.42. The second-order valence-corrected chi connectivity index (χ2v) is 12.5. The number of carboxylic acid groups (broad SMARTS) is 1. The number of carboxylic acids is 1. The van der Waals surface area contributed by atoms with Crippen LogP contribution in [0, 0.1) is 0 Å². The fourth-order valence-corrected chi connectivity index (χ4v) is 6.61. The van der Waals surface area contributed by atoms with Crippen molar-refractivity contribution in [2.24, 2.45) is 0 Å². The Hall–Kier alpha value is -2.17. The third kappa shape index (κ3) is 7.67. The SMILES string of the molecule is CC[C@@H](CS(=O)(=O)CCN(C)C)N1C(=O)[C@H](CC(=O)O)O[C@H](c2cccc(Cl)c2)[C@H]1c1ccc(Cl)cc1. The average Bonchev–Trinajstić information content (AvgIpc) is 2.83. The van der Waals surface area contributed by atoms with Crippen LogP contribution < -0.4 is 0 Å². The summed E-state index contributed by atoms with van der Waals surface area (Å²) in [5.41, 5.74) is 1.33. The number of benzene rings is 2. The maximum atomic E-state index is 13.8. The van der Waals surface area contributed by atoms with E-state index in [1.165, 1.54) is 4.90 Å². The molecule has 1 aliphatic rings. The predicted molar refractivity (Wildman–Crippen MR) is 144 cm³/mol. The van der Waals surface area contributed by atoms with Crippen LogP contribution in [0.4, 0.5) is 0 Å². The molecule has 0 saturated carbocycles. The molecule has 4 atom stereocenters. The number of halogens is 2. The van der Waals surface area contributed by atoms with Gasteiger partial charge in [-0.05, 0) is 55.9 Å². The van der Waals surface area contributed by atoms with E-state index < -0.39 is 52.4 Å². The molecular weight excluding hydrogens is 539 g/mol. The number of ether oxygens (including phenoxy) is 1. The van der Waals surface area contributed by atoms with Crippen molar-refractivity contribution >= 4 is 44.9 Å². The minimum atomic E-state index is -3.54. The number of hydrogen-bond acceptors (Lipinski definition) is 6. The quantitative estimate of drug-likeness (QED) is 0.431. The normalized spacial score (nSPS) is 21.3. The Labute approximate surface area is 228 Å². The number of amides is 1. The molecule has 0 unspecified atom stereocenters. The van der Waals surface area contributed by atoms with Gasteiger partial charge in [-0.1, -0.05) is 54.4 Å². The summed E-state index contributed by atoms with van der Waals surface area (Å²) >= 11 is 12.4. The zero-order valence-corrected chi connectivity index (χ0v) is 23.3. The summed E-state index contributed by atoms with van der Waals surface area (Å²) in [6, 6.07) is 12.4. The number of carbonyl (C=O) groups excluding carboxylic acids is 1. The zero-order valence-electron chi connectivity index (χ0n) is 21.0. The summed E-state index contributed by atoms with van der Waals surface area (Å²) in [7, 11) is 0.0479. The Kier molecular flexibility index (Phi) is 9.99. The maximum absolute atomic E-state index is 13.8. The van der Waals surface area contributed by atoms with E-state index in [2.05, 4.69) is 0 Å². The molecule has 2 aromatic rings. The van der Waals surface area contributed by atoms with E-state index in [-0.39, 0.29) is 11.5 Å². The van der Waals surface area contributed by atoms with Crippen LogP contribution in [-0.2, 0) is 24.2 Å². The van der Waals surface area contributed by atoms with E-state index in [9.17, 15) is 23.1 Å². The Morgan fingerprint density at radius 1 is 1.11 bits per heavy atom. The smallest absolute Gasteiger partial charge is 0.306 e. The van der Waals surface area contributed by atoms with Gasteiger partial charge in [0.1, 0.15) is 12.2 Å². The summed E-state index contributed by atoms with van der Waals surface area (Å²) in [6.07, 6.45) is -2.29.